The van der Waals surface area contributed by atoms with E-state index in [2.05, 4.69) is 26.6 Å². The number of rotatable bonds is 19. The summed E-state index contributed by atoms with van der Waals surface area (Å²) in [5.74, 6) is -3.46. The van der Waals surface area contributed by atoms with Crippen LogP contribution in [0.5, 0.6) is 0 Å². The summed E-state index contributed by atoms with van der Waals surface area (Å²) in [7, 11) is 0. The van der Waals surface area contributed by atoms with Crippen LogP contribution in [0.25, 0.3) is 0 Å². The van der Waals surface area contributed by atoms with E-state index in [1.54, 1.807) is 81.4 Å². The van der Waals surface area contributed by atoms with E-state index in [1.165, 1.54) is 24.3 Å². The van der Waals surface area contributed by atoms with Crippen LogP contribution in [-0.4, -0.2) is 77.4 Å². The molecule has 5 amide bonds. The Kier molecular flexibility index (Phi) is 17.0. The molecule has 16 nitrogen and oxygen atoms in total. The predicted molar refractivity (Wildman–Crippen MR) is 206 cm³/mol. The van der Waals surface area contributed by atoms with Gasteiger partial charge in [-0.15, -0.1) is 0 Å². The third-order valence-electron chi connectivity index (χ3n) is 7.93. The van der Waals surface area contributed by atoms with Crippen LogP contribution in [0.4, 0.5) is 10.5 Å². The van der Waals surface area contributed by atoms with Crippen LogP contribution in [0, 0.1) is 16.0 Å². The minimum Gasteiger partial charge on any atom is -0.459 e. The van der Waals surface area contributed by atoms with E-state index in [-0.39, 0.29) is 37.5 Å². The fourth-order valence-electron chi connectivity index (χ4n) is 5.27. The first kappa shape index (κ1) is 44.1. The second-order valence-corrected chi connectivity index (χ2v) is 14.4. The van der Waals surface area contributed by atoms with Crippen LogP contribution in [0.1, 0.15) is 57.7 Å². The third kappa shape index (κ3) is 16.4. The average molecular weight is 775 g/mol. The molecule has 3 aromatic rings. The Labute approximate surface area is 325 Å². The number of alkyl carbamates (subject to hydrolysis) is 1. The lowest BCUT2D eigenvalue weighted by Gasteiger charge is -2.24. The maximum absolute atomic E-state index is 13.8. The van der Waals surface area contributed by atoms with Crippen molar-refractivity contribution in [2.45, 2.75) is 84.2 Å². The van der Waals surface area contributed by atoms with Crippen molar-refractivity contribution in [1.29, 1.82) is 0 Å². The smallest absolute Gasteiger partial charge is 0.408 e. The summed E-state index contributed by atoms with van der Waals surface area (Å²) in [5, 5.41) is 23.7. The van der Waals surface area contributed by atoms with E-state index in [4.69, 9.17) is 9.47 Å². The summed E-state index contributed by atoms with van der Waals surface area (Å²) in [4.78, 5) is 88.6. The molecule has 16 heteroatoms. The van der Waals surface area contributed by atoms with E-state index in [0.29, 0.717) is 11.1 Å². The van der Waals surface area contributed by atoms with Gasteiger partial charge in [-0.25, -0.2) is 9.59 Å². The molecule has 0 saturated heterocycles. The summed E-state index contributed by atoms with van der Waals surface area (Å²) in [5.41, 5.74) is 1.03. The van der Waals surface area contributed by atoms with Gasteiger partial charge in [0, 0.05) is 25.0 Å². The lowest BCUT2D eigenvalue weighted by atomic mass is 10.0. The highest BCUT2D eigenvalue weighted by molar-refractivity contribution is 5.93. The first-order chi connectivity index (χ1) is 26.5. The van der Waals surface area contributed by atoms with Gasteiger partial charge in [0.05, 0.1) is 18.0 Å². The number of benzene rings is 3. The zero-order valence-electron chi connectivity index (χ0n) is 32.2. The van der Waals surface area contributed by atoms with Crippen molar-refractivity contribution in [3.8, 4) is 0 Å². The summed E-state index contributed by atoms with van der Waals surface area (Å²) in [6.07, 6.45) is -0.395. The first-order valence-electron chi connectivity index (χ1n) is 18.1. The third-order valence-corrected chi connectivity index (χ3v) is 7.93. The Morgan fingerprint density at radius 3 is 1.75 bits per heavy atom. The number of ether oxygens (including phenoxy) is 2. The Morgan fingerprint density at radius 1 is 0.661 bits per heavy atom. The standard InChI is InChI=1S/C40H50N6O10/c1-26(2)20-31(45-39(52)56-40(3,4)5)36(49)42-23-34(47)41-24-35(48)43-32(21-27-12-8-6-9-13-27)37(50)44-33(22-28-14-10-7-11-15-28)38(51)55-25-29-16-18-30(19-17-29)46(53)54/h6-19,26,31-33H,20-25H2,1-5H3,(H,41,47)(H,42,49)(H,43,48)(H,44,50)(H,45,52). The summed E-state index contributed by atoms with van der Waals surface area (Å²) >= 11 is 0. The Morgan fingerprint density at radius 2 is 1.21 bits per heavy atom. The molecule has 3 aromatic carbocycles. The molecule has 3 atom stereocenters. The zero-order valence-corrected chi connectivity index (χ0v) is 32.2. The number of nitro benzene ring substituents is 1. The molecule has 5 N–H and O–H groups in total. The first-order valence-corrected chi connectivity index (χ1v) is 18.1. The molecule has 0 aliphatic rings. The fraction of sp³-hybridized carbons (Fsp3) is 0.400. The predicted octanol–water partition coefficient (Wildman–Crippen LogP) is 3.26. The number of esters is 1. The van der Waals surface area contributed by atoms with Crippen LogP contribution in [0.2, 0.25) is 0 Å². The fourth-order valence-corrected chi connectivity index (χ4v) is 5.27. The maximum atomic E-state index is 13.8. The molecule has 0 radical (unpaired) electrons. The van der Waals surface area contributed by atoms with Crippen molar-refractivity contribution in [2.24, 2.45) is 5.92 Å². The second kappa shape index (κ2) is 21.5. The van der Waals surface area contributed by atoms with Crippen molar-refractivity contribution in [3.05, 3.63) is 112 Å². The van der Waals surface area contributed by atoms with Crippen molar-refractivity contribution < 1.29 is 43.2 Å². The van der Waals surface area contributed by atoms with E-state index in [1.807, 2.05) is 13.8 Å². The molecule has 56 heavy (non-hydrogen) atoms. The van der Waals surface area contributed by atoms with Gasteiger partial charge in [0.2, 0.25) is 23.6 Å². The Balaban J connectivity index is 1.65. The van der Waals surface area contributed by atoms with Crippen LogP contribution in [-0.2, 0) is 52.9 Å². The highest BCUT2D eigenvalue weighted by Crippen LogP contribution is 2.14. The number of nitrogens with zero attached hydrogens (tertiary/aromatic N) is 1. The molecule has 0 aliphatic heterocycles. The van der Waals surface area contributed by atoms with Gasteiger partial charge in [0.25, 0.3) is 5.69 Å². The second-order valence-electron chi connectivity index (χ2n) is 14.4. The highest BCUT2D eigenvalue weighted by Gasteiger charge is 2.29. The Hall–Kier alpha value is -6.32. The van der Waals surface area contributed by atoms with Gasteiger partial charge >= 0.3 is 12.1 Å². The number of hydrogen-bond acceptors (Lipinski definition) is 10. The van der Waals surface area contributed by atoms with E-state index >= 15 is 0 Å². The monoisotopic (exact) mass is 774 g/mol. The number of nitro groups is 1. The Bertz CT molecular complexity index is 1800. The molecule has 0 heterocycles. The molecule has 0 aromatic heterocycles. The topological polar surface area (TPSA) is 224 Å². The molecular weight excluding hydrogens is 724 g/mol. The molecular formula is C40H50N6O10. The summed E-state index contributed by atoms with van der Waals surface area (Å²) < 4.78 is 10.8. The molecule has 3 unspecified atom stereocenters. The number of carbonyl (C=O) groups excluding carboxylic acids is 6. The highest BCUT2D eigenvalue weighted by atomic mass is 16.6. The maximum Gasteiger partial charge on any atom is 0.408 e. The van der Waals surface area contributed by atoms with E-state index < -0.39 is 77.4 Å². The van der Waals surface area contributed by atoms with Crippen LogP contribution in [0.3, 0.4) is 0 Å². The number of non-ortho nitro benzene ring substituents is 1. The normalized spacial score (nSPS) is 12.6. The number of hydrogen-bond donors (Lipinski definition) is 5. The molecule has 0 spiro atoms. The molecule has 0 saturated carbocycles. The SMILES string of the molecule is CC(C)CC(NC(=O)OC(C)(C)C)C(=O)NCC(=O)NCC(=O)NC(Cc1ccccc1)C(=O)NC(Cc1ccccc1)C(=O)OCc1ccc([N+](=O)[O-])cc1. The van der Waals surface area contributed by atoms with Crippen molar-refractivity contribution in [3.63, 3.8) is 0 Å². The van der Waals surface area contributed by atoms with Crippen LogP contribution in [0.15, 0.2) is 84.9 Å². The minimum atomic E-state index is -1.18. The lowest BCUT2D eigenvalue weighted by Crippen LogP contribution is -2.55. The van der Waals surface area contributed by atoms with Gasteiger partial charge in [-0.1, -0.05) is 74.5 Å². The van der Waals surface area contributed by atoms with E-state index in [0.717, 1.165) is 5.56 Å². The molecule has 0 fully saturated rings. The minimum absolute atomic E-state index is 0.0286. The van der Waals surface area contributed by atoms with Crippen molar-refractivity contribution in [1.82, 2.24) is 26.6 Å². The summed E-state index contributed by atoms with van der Waals surface area (Å²) in [6.45, 7) is 7.57. The largest absolute Gasteiger partial charge is 0.459 e. The zero-order chi connectivity index (χ0) is 41.3. The quantitative estimate of drug-likeness (QED) is 0.0679. The van der Waals surface area contributed by atoms with Gasteiger partial charge in [-0.2, -0.15) is 0 Å². The van der Waals surface area contributed by atoms with Gasteiger partial charge in [0.1, 0.15) is 30.3 Å². The van der Waals surface area contributed by atoms with Gasteiger partial charge in [0.15, 0.2) is 0 Å². The molecule has 300 valence electrons. The van der Waals surface area contributed by atoms with E-state index in [9.17, 15) is 38.9 Å². The van der Waals surface area contributed by atoms with Crippen LogP contribution < -0.4 is 26.6 Å². The number of nitrogens with one attached hydrogen (secondary N) is 5. The molecule has 3 rings (SSSR count). The summed E-state index contributed by atoms with van der Waals surface area (Å²) in [6, 6.07) is 19.9. The van der Waals surface area contributed by atoms with Gasteiger partial charge in [-0.3, -0.25) is 29.3 Å². The van der Waals surface area contributed by atoms with Gasteiger partial charge in [-0.05, 0) is 61.9 Å². The van der Waals surface area contributed by atoms with Crippen molar-refractivity contribution in [2.75, 3.05) is 13.1 Å². The van der Waals surface area contributed by atoms with Crippen LogP contribution >= 0.6 is 0 Å². The number of carbonyl (C=O) groups is 6. The van der Waals surface area contributed by atoms with Crippen molar-refractivity contribution >= 4 is 41.4 Å². The average Bonchev–Trinajstić information content (AvgIpc) is 3.14. The lowest BCUT2D eigenvalue weighted by molar-refractivity contribution is -0.384. The number of amides is 5. The molecule has 0 aliphatic carbocycles. The molecule has 0 bridgehead atoms. The van der Waals surface area contributed by atoms with Gasteiger partial charge < -0.3 is 36.1 Å².